The van der Waals surface area contributed by atoms with Gasteiger partial charge >= 0.3 is 6.18 Å². The molecule has 0 saturated heterocycles. The highest BCUT2D eigenvalue weighted by Gasteiger charge is 2.38. The van der Waals surface area contributed by atoms with E-state index < -0.39 is 11.9 Å². The van der Waals surface area contributed by atoms with Crippen LogP contribution in [0, 0.1) is 0 Å². The zero-order valence-corrected chi connectivity index (χ0v) is 9.57. The summed E-state index contributed by atoms with van der Waals surface area (Å²) in [7, 11) is 0. The molecule has 0 unspecified atom stereocenters. The van der Waals surface area contributed by atoms with Crippen molar-refractivity contribution in [2.45, 2.75) is 19.3 Å². The molecule has 0 spiro atoms. The van der Waals surface area contributed by atoms with E-state index in [4.69, 9.17) is 0 Å². The summed E-state index contributed by atoms with van der Waals surface area (Å²) in [5.74, 6) is -0.0529. The molecular formula is C11H8F3N5. The molecule has 8 heteroatoms. The molecule has 2 aromatic heterocycles. The third-order valence-corrected chi connectivity index (χ3v) is 2.75. The van der Waals surface area contributed by atoms with Gasteiger partial charge in [-0.05, 0) is 0 Å². The maximum atomic E-state index is 13.0. The summed E-state index contributed by atoms with van der Waals surface area (Å²) < 4.78 is 39.0. The van der Waals surface area contributed by atoms with Gasteiger partial charge in [-0.25, -0.2) is 15.0 Å². The lowest BCUT2D eigenvalue weighted by atomic mass is 10.1. The van der Waals surface area contributed by atoms with Gasteiger partial charge in [-0.2, -0.15) is 13.2 Å². The molecule has 0 atom stereocenters. The van der Waals surface area contributed by atoms with Crippen molar-refractivity contribution < 1.29 is 13.2 Å². The average Bonchev–Trinajstić information content (AvgIpc) is 2.85. The lowest BCUT2D eigenvalue weighted by Crippen LogP contribution is -2.14. The van der Waals surface area contributed by atoms with Crippen molar-refractivity contribution in [2.24, 2.45) is 0 Å². The summed E-state index contributed by atoms with van der Waals surface area (Å²) in [5, 5.41) is 2.84. The van der Waals surface area contributed by atoms with E-state index in [9.17, 15) is 13.2 Å². The van der Waals surface area contributed by atoms with Gasteiger partial charge in [-0.15, -0.1) is 0 Å². The second-order valence-corrected chi connectivity index (χ2v) is 4.01. The van der Waals surface area contributed by atoms with Crippen LogP contribution in [-0.4, -0.2) is 19.9 Å². The summed E-state index contributed by atoms with van der Waals surface area (Å²) in [5.41, 5.74) is -0.200. The largest absolute Gasteiger partial charge is 0.433 e. The molecule has 1 aliphatic rings. The van der Waals surface area contributed by atoms with Crippen molar-refractivity contribution in [3.05, 3.63) is 35.5 Å². The van der Waals surface area contributed by atoms with Crippen LogP contribution < -0.4 is 5.32 Å². The van der Waals surface area contributed by atoms with E-state index in [2.05, 4.69) is 25.3 Å². The Hall–Kier alpha value is -2.09. The second kappa shape index (κ2) is 4.23. The maximum absolute atomic E-state index is 13.0. The van der Waals surface area contributed by atoms with Crippen LogP contribution in [0.2, 0.25) is 0 Å². The van der Waals surface area contributed by atoms with Gasteiger partial charge in [0.05, 0.1) is 11.9 Å². The molecule has 0 amide bonds. The molecule has 19 heavy (non-hydrogen) atoms. The minimum Gasteiger partial charge on any atom is -0.307 e. The van der Waals surface area contributed by atoms with E-state index in [0.717, 1.165) is 0 Å². The van der Waals surface area contributed by atoms with Crippen LogP contribution >= 0.6 is 0 Å². The average molecular weight is 267 g/mol. The number of alkyl halides is 3. The summed E-state index contributed by atoms with van der Waals surface area (Å²) in [6, 6.07) is 0. The highest BCUT2D eigenvalue weighted by molar-refractivity contribution is 5.49. The molecule has 0 aliphatic carbocycles. The van der Waals surface area contributed by atoms with Crippen molar-refractivity contribution in [1.82, 2.24) is 25.3 Å². The van der Waals surface area contributed by atoms with Crippen molar-refractivity contribution in [1.29, 1.82) is 0 Å². The molecule has 98 valence electrons. The van der Waals surface area contributed by atoms with E-state index in [-0.39, 0.29) is 23.6 Å². The quantitative estimate of drug-likeness (QED) is 0.849. The molecule has 0 aromatic carbocycles. The number of halogens is 3. The van der Waals surface area contributed by atoms with Gasteiger partial charge in [0.1, 0.15) is 5.69 Å². The summed E-state index contributed by atoms with van der Waals surface area (Å²) in [6.45, 7) is 0.430. The number of fused-ring (bicyclic) bond motifs is 1. The molecule has 2 aromatic rings. The lowest BCUT2D eigenvalue weighted by molar-refractivity contribution is -0.141. The number of hydrogen-bond donors (Lipinski definition) is 1. The van der Waals surface area contributed by atoms with Crippen molar-refractivity contribution >= 4 is 0 Å². The van der Waals surface area contributed by atoms with Crippen LogP contribution in [0.3, 0.4) is 0 Å². The summed E-state index contributed by atoms with van der Waals surface area (Å²) >= 11 is 0. The van der Waals surface area contributed by atoms with E-state index in [0.29, 0.717) is 12.2 Å². The lowest BCUT2D eigenvalue weighted by Gasteiger charge is -2.11. The molecule has 1 N–H and O–H groups in total. The van der Waals surface area contributed by atoms with Crippen LogP contribution in [0.1, 0.15) is 17.0 Å². The first-order valence-electron chi connectivity index (χ1n) is 5.50. The molecule has 0 saturated carbocycles. The fraction of sp³-hybridized carbons (Fsp3) is 0.273. The standard InChI is InChI=1S/C11H8F3N5/c12-11(13,14)9-6-3-16-4-7(6)18-10(19-9)8-5-15-1-2-17-8/h1-2,5,16H,3-4H2. The normalized spacial score (nSPS) is 14.5. The van der Waals surface area contributed by atoms with Crippen molar-refractivity contribution in [3.8, 4) is 11.5 Å². The Bertz CT molecular complexity index is 612. The van der Waals surface area contributed by atoms with Gasteiger partial charge in [0.15, 0.2) is 11.5 Å². The third-order valence-electron chi connectivity index (χ3n) is 2.75. The fourth-order valence-electron chi connectivity index (χ4n) is 1.93. The first-order valence-corrected chi connectivity index (χ1v) is 5.50. The Morgan fingerprint density at radius 2 is 1.95 bits per heavy atom. The molecule has 3 heterocycles. The Morgan fingerprint density at radius 1 is 1.11 bits per heavy atom. The van der Waals surface area contributed by atoms with Gasteiger partial charge in [0.2, 0.25) is 0 Å². The Labute approximate surface area is 106 Å². The van der Waals surface area contributed by atoms with Crippen LogP contribution in [0.15, 0.2) is 18.6 Å². The first kappa shape index (κ1) is 12.0. The highest BCUT2D eigenvalue weighted by atomic mass is 19.4. The Morgan fingerprint density at radius 3 is 2.63 bits per heavy atom. The minimum atomic E-state index is -4.50. The van der Waals surface area contributed by atoms with Crippen LogP contribution in [0.25, 0.3) is 11.5 Å². The summed E-state index contributed by atoms with van der Waals surface area (Å²) in [4.78, 5) is 15.5. The Balaban J connectivity index is 2.19. The van der Waals surface area contributed by atoms with Gasteiger partial charge < -0.3 is 5.32 Å². The molecule has 0 radical (unpaired) electrons. The molecule has 1 aliphatic heterocycles. The summed E-state index contributed by atoms with van der Waals surface area (Å²) in [6.07, 6.45) is -0.346. The maximum Gasteiger partial charge on any atom is 0.433 e. The second-order valence-electron chi connectivity index (χ2n) is 4.01. The number of hydrogen-bond acceptors (Lipinski definition) is 5. The zero-order chi connectivity index (χ0) is 13.5. The Kier molecular flexibility index (Phi) is 2.67. The molecular weight excluding hydrogens is 259 g/mol. The van der Waals surface area contributed by atoms with Crippen LogP contribution in [-0.2, 0) is 19.3 Å². The van der Waals surface area contributed by atoms with Gasteiger partial charge in [-0.3, -0.25) is 4.98 Å². The van der Waals surface area contributed by atoms with Gasteiger partial charge in [0, 0.05) is 31.0 Å². The number of nitrogens with zero attached hydrogens (tertiary/aromatic N) is 4. The topological polar surface area (TPSA) is 63.6 Å². The molecule has 5 nitrogen and oxygen atoms in total. The predicted molar refractivity (Wildman–Crippen MR) is 58.6 cm³/mol. The predicted octanol–water partition coefficient (Wildman–Crippen LogP) is 1.56. The minimum absolute atomic E-state index is 0.0529. The molecule has 0 fully saturated rings. The number of nitrogens with one attached hydrogen (secondary N) is 1. The van der Waals surface area contributed by atoms with E-state index >= 15 is 0 Å². The number of rotatable bonds is 1. The zero-order valence-electron chi connectivity index (χ0n) is 9.57. The van der Waals surface area contributed by atoms with Crippen LogP contribution in [0.5, 0.6) is 0 Å². The van der Waals surface area contributed by atoms with Crippen molar-refractivity contribution in [3.63, 3.8) is 0 Å². The van der Waals surface area contributed by atoms with E-state index in [1.54, 1.807) is 0 Å². The van der Waals surface area contributed by atoms with Crippen LogP contribution in [0.4, 0.5) is 13.2 Å². The molecule has 0 bridgehead atoms. The van der Waals surface area contributed by atoms with E-state index in [1.165, 1.54) is 18.6 Å². The number of aromatic nitrogens is 4. The monoisotopic (exact) mass is 267 g/mol. The SMILES string of the molecule is FC(F)(F)c1nc(-c2cnccn2)nc2c1CNC2. The molecule has 3 rings (SSSR count). The first-order chi connectivity index (χ1) is 9.05. The van der Waals surface area contributed by atoms with Crippen molar-refractivity contribution in [2.75, 3.05) is 0 Å². The third kappa shape index (κ3) is 2.14. The fourth-order valence-corrected chi connectivity index (χ4v) is 1.93. The highest BCUT2D eigenvalue weighted by Crippen LogP contribution is 2.34. The smallest absolute Gasteiger partial charge is 0.307 e. The van der Waals surface area contributed by atoms with E-state index in [1.807, 2.05) is 0 Å². The van der Waals surface area contributed by atoms with Gasteiger partial charge in [-0.1, -0.05) is 0 Å². The van der Waals surface area contributed by atoms with Gasteiger partial charge in [0.25, 0.3) is 0 Å².